The molecule has 0 saturated heterocycles. The highest BCUT2D eigenvalue weighted by atomic mass is 14.8. The van der Waals surface area contributed by atoms with Crippen molar-refractivity contribution in [1.82, 2.24) is 5.23 Å². The summed E-state index contributed by atoms with van der Waals surface area (Å²) in [6, 6.07) is 2.00. The Labute approximate surface area is 39.4 Å². The van der Waals surface area contributed by atoms with Gasteiger partial charge in [-0.15, -0.1) is 0 Å². The van der Waals surface area contributed by atoms with E-state index in [1.165, 1.54) is 0 Å². The molecule has 0 aromatic carbocycles. The van der Waals surface area contributed by atoms with E-state index in [0.29, 0.717) is 0 Å². The molecular weight excluding hydrogens is 73.7 g/mol. The molecule has 0 amide bonds. The molecule has 6 heavy (non-hydrogen) atoms. The maximum atomic E-state index is 8.02. The second-order valence-corrected chi connectivity index (χ2v) is 1.14. The van der Waals surface area contributed by atoms with Gasteiger partial charge >= 0.3 is 0 Å². The van der Waals surface area contributed by atoms with Gasteiger partial charge in [-0.3, -0.25) is 0 Å². The Morgan fingerprint density at radius 3 is 2.33 bits per heavy atom. The minimum atomic E-state index is -0.00926. The zero-order chi connectivity index (χ0) is 4.99. The van der Waals surface area contributed by atoms with Crippen molar-refractivity contribution in [2.24, 2.45) is 0 Å². The van der Waals surface area contributed by atoms with E-state index < -0.39 is 0 Å². The van der Waals surface area contributed by atoms with Gasteiger partial charge in [-0.2, -0.15) is 5.26 Å². The summed E-state index contributed by atoms with van der Waals surface area (Å²) in [5, 5.41) is 10.8. The number of nitrogens with one attached hydrogen (secondary N) is 1. The fourth-order valence-electron chi connectivity index (χ4n) is 0.0645. The molecular formula is C2H6B2N2. The van der Waals surface area contributed by atoms with E-state index >= 15 is 0 Å². The standard InChI is InChI=1S/C2H6B2N2/c3-2(1-5)6-4/h2,6H,3-4H2. The van der Waals surface area contributed by atoms with E-state index in [0.717, 1.165) is 0 Å². The van der Waals surface area contributed by atoms with Gasteiger partial charge < -0.3 is 5.23 Å². The highest BCUT2D eigenvalue weighted by Gasteiger charge is 1.86. The second-order valence-electron chi connectivity index (χ2n) is 1.14. The molecule has 0 spiro atoms. The number of nitriles is 1. The normalized spacial score (nSPS) is 12.5. The van der Waals surface area contributed by atoms with Crippen LogP contribution in [0.5, 0.6) is 0 Å². The second kappa shape index (κ2) is 2.80. The van der Waals surface area contributed by atoms with Gasteiger partial charge in [0.2, 0.25) is 0 Å². The molecule has 2 nitrogen and oxygen atoms in total. The summed E-state index contributed by atoms with van der Waals surface area (Å²) in [7, 11) is 3.56. The zero-order valence-corrected chi connectivity index (χ0v) is 4.02. The molecule has 0 saturated carbocycles. The minimum Gasteiger partial charge on any atom is -0.355 e. The number of hydrogen-bond donors (Lipinski definition) is 1. The van der Waals surface area contributed by atoms with Crippen molar-refractivity contribution in [1.29, 1.82) is 5.26 Å². The van der Waals surface area contributed by atoms with Gasteiger partial charge in [-0.05, 0) is 0 Å². The first kappa shape index (κ1) is 5.58. The lowest BCUT2D eigenvalue weighted by atomic mass is 9.97. The summed E-state index contributed by atoms with van der Waals surface area (Å²) in [6.07, 6.45) is 0. The van der Waals surface area contributed by atoms with Gasteiger partial charge in [-0.1, -0.05) is 0 Å². The maximum Gasteiger partial charge on any atom is 0.182 e. The van der Waals surface area contributed by atoms with Crippen molar-refractivity contribution >= 4 is 15.8 Å². The largest absolute Gasteiger partial charge is 0.355 e. The van der Waals surface area contributed by atoms with Crippen LogP contribution in [0.3, 0.4) is 0 Å². The van der Waals surface area contributed by atoms with Crippen molar-refractivity contribution in [2.45, 2.75) is 5.94 Å². The summed E-state index contributed by atoms with van der Waals surface area (Å²) in [6.45, 7) is 0. The van der Waals surface area contributed by atoms with Crippen LogP contribution in [-0.2, 0) is 0 Å². The van der Waals surface area contributed by atoms with Crippen LogP contribution < -0.4 is 5.23 Å². The van der Waals surface area contributed by atoms with Crippen LogP contribution in [0.1, 0.15) is 0 Å². The van der Waals surface area contributed by atoms with Crippen molar-refractivity contribution in [3.05, 3.63) is 0 Å². The third-order valence-electron chi connectivity index (χ3n) is 0.627. The maximum absolute atomic E-state index is 8.02. The van der Waals surface area contributed by atoms with Gasteiger partial charge in [0.25, 0.3) is 0 Å². The lowest BCUT2D eigenvalue weighted by Gasteiger charge is -1.92. The lowest BCUT2D eigenvalue weighted by Crippen LogP contribution is -2.23. The van der Waals surface area contributed by atoms with E-state index in [1.807, 2.05) is 6.07 Å². The lowest BCUT2D eigenvalue weighted by molar-refractivity contribution is 1.03. The highest BCUT2D eigenvalue weighted by Crippen LogP contribution is 1.59. The van der Waals surface area contributed by atoms with Gasteiger partial charge in [0, 0.05) is 0 Å². The monoisotopic (exact) mass is 80.1 g/mol. The SMILES string of the molecule is BNC(B)C#N. The molecule has 1 unspecified atom stereocenters. The molecule has 0 rings (SSSR count). The Kier molecular flexibility index (Phi) is 2.60. The van der Waals surface area contributed by atoms with Crippen molar-refractivity contribution in [2.75, 3.05) is 0 Å². The molecule has 0 bridgehead atoms. The summed E-state index contributed by atoms with van der Waals surface area (Å²) in [5.74, 6) is -0.00926. The summed E-state index contributed by atoms with van der Waals surface area (Å²) >= 11 is 0. The van der Waals surface area contributed by atoms with Crippen LogP contribution in [0.15, 0.2) is 0 Å². The fraction of sp³-hybridized carbons (Fsp3) is 0.500. The third kappa shape index (κ3) is 1.86. The first-order valence-electron chi connectivity index (χ1n) is 1.88. The molecule has 0 fully saturated rings. The zero-order valence-electron chi connectivity index (χ0n) is 4.02. The van der Waals surface area contributed by atoms with E-state index in [-0.39, 0.29) is 5.94 Å². The molecule has 0 aliphatic carbocycles. The Bertz CT molecular complexity index is 66.4. The van der Waals surface area contributed by atoms with Crippen molar-refractivity contribution in [3.63, 3.8) is 0 Å². The highest BCUT2D eigenvalue weighted by molar-refractivity contribution is 6.18. The smallest absolute Gasteiger partial charge is 0.182 e. The molecule has 0 radical (unpaired) electrons. The topological polar surface area (TPSA) is 35.8 Å². The Balaban J connectivity index is 3.04. The Morgan fingerprint density at radius 2 is 2.33 bits per heavy atom. The Hall–Kier alpha value is -0.420. The third-order valence-corrected chi connectivity index (χ3v) is 0.627. The van der Waals surface area contributed by atoms with Crippen LogP contribution in [0.4, 0.5) is 0 Å². The molecule has 30 valence electrons. The number of nitrogens with zero attached hydrogens (tertiary/aromatic N) is 1. The van der Waals surface area contributed by atoms with Gasteiger partial charge in [0.1, 0.15) is 7.85 Å². The molecule has 0 aliphatic heterocycles. The van der Waals surface area contributed by atoms with E-state index in [1.54, 1.807) is 15.8 Å². The molecule has 0 aromatic heterocycles. The van der Waals surface area contributed by atoms with E-state index in [2.05, 4.69) is 5.23 Å². The first-order valence-corrected chi connectivity index (χ1v) is 1.88. The fourth-order valence-corrected chi connectivity index (χ4v) is 0.0645. The van der Waals surface area contributed by atoms with Crippen LogP contribution >= 0.6 is 0 Å². The van der Waals surface area contributed by atoms with Crippen LogP contribution in [0.2, 0.25) is 0 Å². The molecule has 4 heteroatoms. The molecule has 1 N–H and O–H groups in total. The molecule has 0 aromatic rings. The van der Waals surface area contributed by atoms with Crippen LogP contribution in [0.25, 0.3) is 0 Å². The molecule has 0 heterocycles. The average Bonchev–Trinajstić information content (AvgIpc) is 1.65. The van der Waals surface area contributed by atoms with Crippen molar-refractivity contribution in [3.8, 4) is 6.07 Å². The predicted molar refractivity (Wildman–Crippen MR) is 29.6 cm³/mol. The first-order chi connectivity index (χ1) is 2.81. The van der Waals surface area contributed by atoms with Crippen molar-refractivity contribution < 1.29 is 0 Å². The number of hydrogen-bond acceptors (Lipinski definition) is 2. The molecule has 0 aliphatic rings. The van der Waals surface area contributed by atoms with Gasteiger partial charge in [0.15, 0.2) is 7.98 Å². The summed E-state index contributed by atoms with van der Waals surface area (Å²) < 4.78 is 0. The quantitative estimate of drug-likeness (QED) is 0.356. The van der Waals surface area contributed by atoms with Crippen LogP contribution in [-0.4, -0.2) is 21.8 Å². The minimum absolute atomic E-state index is 0.00926. The van der Waals surface area contributed by atoms with E-state index in [9.17, 15) is 0 Å². The number of rotatable bonds is 1. The summed E-state index contributed by atoms with van der Waals surface area (Å²) in [5.41, 5.74) is 0. The van der Waals surface area contributed by atoms with E-state index in [4.69, 9.17) is 5.26 Å². The summed E-state index contributed by atoms with van der Waals surface area (Å²) in [4.78, 5) is 0. The average molecular weight is 79.7 g/mol. The van der Waals surface area contributed by atoms with Gasteiger partial charge in [-0.25, -0.2) is 0 Å². The predicted octanol–water partition coefficient (Wildman–Crippen LogP) is -2.39. The van der Waals surface area contributed by atoms with Gasteiger partial charge in [0.05, 0.1) is 12.0 Å². The molecule has 1 atom stereocenters. The van der Waals surface area contributed by atoms with Crippen LogP contribution in [0, 0.1) is 11.3 Å². The Morgan fingerprint density at radius 1 is 1.83 bits per heavy atom.